The summed E-state index contributed by atoms with van der Waals surface area (Å²) >= 11 is 1.36. The highest BCUT2D eigenvalue weighted by molar-refractivity contribution is 8.00. The molecule has 0 bridgehead atoms. The maximum atomic E-state index is 12.0. The van der Waals surface area contributed by atoms with Gasteiger partial charge >= 0.3 is 0 Å². The SMILES string of the molecule is CC(C)(C)c1ccc(-c2nnc(S[C@H]3CCCCNC3=O)o2)cc1. The normalized spacial score (nSPS) is 19.0. The first-order valence-electron chi connectivity index (χ1n) is 8.32. The fraction of sp³-hybridized carbons (Fsp3) is 0.500. The molecular formula is C18H23N3O2S. The highest BCUT2D eigenvalue weighted by Gasteiger charge is 2.24. The lowest BCUT2D eigenvalue weighted by atomic mass is 9.87. The smallest absolute Gasteiger partial charge is 0.277 e. The minimum atomic E-state index is -0.149. The Labute approximate surface area is 146 Å². The average molecular weight is 345 g/mol. The van der Waals surface area contributed by atoms with Gasteiger partial charge in [0.15, 0.2) is 0 Å². The van der Waals surface area contributed by atoms with Crippen LogP contribution in [-0.2, 0) is 10.2 Å². The highest BCUT2D eigenvalue weighted by Crippen LogP contribution is 2.30. The van der Waals surface area contributed by atoms with Crippen molar-refractivity contribution in [2.24, 2.45) is 0 Å². The summed E-state index contributed by atoms with van der Waals surface area (Å²) in [5.74, 6) is 0.554. The van der Waals surface area contributed by atoms with Gasteiger partial charge in [0.1, 0.15) is 0 Å². The van der Waals surface area contributed by atoms with Crippen LogP contribution in [0.5, 0.6) is 0 Å². The highest BCUT2D eigenvalue weighted by atomic mass is 32.2. The van der Waals surface area contributed by atoms with Gasteiger partial charge in [0.05, 0.1) is 5.25 Å². The Kier molecular flexibility index (Phi) is 4.94. The molecule has 128 valence electrons. The summed E-state index contributed by atoms with van der Waals surface area (Å²) in [4.78, 5) is 12.0. The number of carbonyl (C=O) groups excluding carboxylic acids is 1. The van der Waals surface area contributed by atoms with E-state index in [9.17, 15) is 4.79 Å². The Morgan fingerprint density at radius 2 is 1.92 bits per heavy atom. The zero-order valence-electron chi connectivity index (χ0n) is 14.3. The van der Waals surface area contributed by atoms with Crippen molar-refractivity contribution in [1.29, 1.82) is 0 Å². The second-order valence-corrected chi connectivity index (χ2v) is 8.25. The van der Waals surface area contributed by atoms with Gasteiger partial charge in [0.25, 0.3) is 5.22 Å². The summed E-state index contributed by atoms with van der Waals surface area (Å²) in [5.41, 5.74) is 2.27. The van der Waals surface area contributed by atoms with E-state index in [4.69, 9.17) is 4.42 Å². The maximum Gasteiger partial charge on any atom is 0.277 e. The van der Waals surface area contributed by atoms with Gasteiger partial charge in [0, 0.05) is 12.1 Å². The molecule has 0 aliphatic carbocycles. The van der Waals surface area contributed by atoms with E-state index in [2.05, 4.69) is 48.4 Å². The third-order valence-electron chi connectivity index (χ3n) is 4.13. The predicted octanol–water partition coefficient (Wildman–Crippen LogP) is 3.79. The largest absolute Gasteiger partial charge is 0.411 e. The minimum absolute atomic E-state index is 0.0618. The van der Waals surface area contributed by atoms with E-state index < -0.39 is 0 Å². The van der Waals surface area contributed by atoms with Crippen LogP contribution in [0.15, 0.2) is 33.9 Å². The monoisotopic (exact) mass is 345 g/mol. The number of nitrogens with one attached hydrogen (secondary N) is 1. The van der Waals surface area contributed by atoms with Crippen molar-refractivity contribution in [3.8, 4) is 11.5 Å². The van der Waals surface area contributed by atoms with Gasteiger partial charge < -0.3 is 9.73 Å². The van der Waals surface area contributed by atoms with Crippen molar-refractivity contribution in [2.75, 3.05) is 6.54 Å². The fourth-order valence-corrected chi connectivity index (χ4v) is 3.57. The van der Waals surface area contributed by atoms with Gasteiger partial charge in [-0.25, -0.2) is 0 Å². The summed E-state index contributed by atoms with van der Waals surface area (Å²) in [6.45, 7) is 7.30. The van der Waals surface area contributed by atoms with E-state index >= 15 is 0 Å². The van der Waals surface area contributed by atoms with Gasteiger partial charge in [0.2, 0.25) is 11.8 Å². The lowest BCUT2D eigenvalue weighted by Gasteiger charge is -2.18. The van der Waals surface area contributed by atoms with Crippen molar-refractivity contribution in [3.05, 3.63) is 29.8 Å². The molecule has 24 heavy (non-hydrogen) atoms. The number of thioether (sulfide) groups is 1. The van der Waals surface area contributed by atoms with E-state index in [0.29, 0.717) is 11.1 Å². The van der Waals surface area contributed by atoms with E-state index in [0.717, 1.165) is 31.4 Å². The molecule has 1 saturated heterocycles. The van der Waals surface area contributed by atoms with Crippen LogP contribution in [0.2, 0.25) is 0 Å². The molecule has 1 N–H and O–H groups in total. The second kappa shape index (κ2) is 6.97. The summed E-state index contributed by atoms with van der Waals surface area (Å²) in [5, 5.41) is 11.4. The first kappa shape index (κ1) is 17.0. The molecule has 3 rings (SSSR count). The van der Waals surface area contributed by atoms with E-state index in [-0.39, 0.29) is 16.6 Å². The Hall–Kier alpha value is -1.82. The molecule has 0 saturated carbocycles. The lowest BCUT2D eigenvalue weighted by Crippen LogP contribution is -2.30. The van der Waals surface area contributed by atoms with E-state index in [1.165, 1.54) is 17.3 Å². The van der Waals surface area contributed by atoms with Crippen LogP contribution in [0.4, 0.5) is 0 Å². The number of benzene rings is 1. The maximum absolute atomic E-state index is 12.0. The molecule has 2 aromatic rings. The molecule has 1 aromatic heterocycles. The summed E-state index contributed by atoms with van der Waals surface area (Å²) in [7, 11) is 0. The number of hydrogen-bond donors (Lipinski definition) is 1. The minimum Gasteiger partial charge on any atom is -0.411 e. The molecule has 1 aromatic carbocycles. The van der Waals surface area contributed by atoms with E-state index in [1.807, 2.05) is 12.1 Å². The Morgan fingerprint density at radius 3 is 2.62 bits per heavy atom. The van der Waals surface area contributed by atoms with E-state index in [1.54, 1.807) is 0 Å². The zero-order chi connectivity index (χ0) is 17.2. The van der Waals surface area contributed by atoms with Crippen LogP contribution in [0.1, 0.15) is 45.6 Å². The molecule has 6 heteroatoms. The van der Waals surface area contributed by atoms with Crippen molar-refractivity contribution in [3.63, 3.8) is 0 Å². The van der Waals surface area contributed by atoms with Gasteiger partial charge in [-0.1, -0.05) is 51.1 Å². The van der Waals surface area contributed by atoms with Crippen LogP contribution in [0.3, 0.4) is 0 Å². The fourth-order valence-electron chi connectivity index (χ4n) is 2.63. The Morgan fingerprint density at radius 1 is 1.17 bits per heavy atom. The molecule has 1 atom stereocenters. The standard InChI is InChI=1S/C18H23N3O2S/c1-18(2,3)13-9-7-12(8-10-13)16-20-21-17(23-16)24-14-6-4-5-11-19-15(14)22/h7-10,14H,4-6,11H2,1-3H3,(H,19,22)/t14-/m0/s1. The molecule has 1 aliphatic rings. The quantitative estimate of drug-likeness (QED) is 0.916. The number of carbonyl (C=O) groups is 1. The molecular weight excluding hydrogens is 322 g/mol. The average Bonchev–Trinajstić information content (AvgIpc) is 2.92. The first-order chi connectivity index (χ1) is 11.4. The molecule has 1 fully saturated rings. The summed E-state index contributed by atoms with van der Waals surface area (Å²) < 4.78 is 5.75. The molecule has 0 radical (unpaired) electrons. The molecule has 1 aliphatic heterocycles. The number of amides is 1. The van der Waals surface area contributed by atoms with Crippen LogP contribution in [0.25, 0.3) is 11.5 Å². The van der Waals surface area contributed by atoms with Crippen LogP contribution in [-0.4, -0.2) is 27.9 Å². The van der Waals surface area contributed by atoms with Crippen molar-refractivity contribution in [1.82, 2.24) is 15.5 Å². The third-order valence-corrected chi connectivity index (χ3v) is 5.23. The Bertz CT molecular complexity index is 704. The number of nitrogens with zero attached hydrogens (tertiary/aromatic N) is 2. The van der Waals surface area contributed by atoms with Crippen LogP contribution in [0, 0.1) is 0 Å². The second-order valence-electron chi connectivity index (χ2n) is 7.09. The summed E-state index contributed by atoms with van der Waals surface area (Å²) in [6.07, 6.45) is 2.90. The van der Waals surface area contributed by atoms with Gasteiger partial charge in [-0.3, -0.25) is 4.79 Å². The van der Waals surface area contributed by atoms with Gasteiger partial charge in [-0.2, -0.15) is 0 Å². The molecule has 5 nitrogen and oxygen atoms in total. The van der Waals surface area contributed by atoms with Crippen LogP contribution >= 0.6 is 11.8 Å². The van der Waals surface area contributed by atoms with Crippen molar-refractivity contribution in [2.45, 2.75) is 55.9 Å². The zero-order valence-corrected chi connectivity index (χ0v) is 15.2. The molecule has 1 amide bonds. The van der Waals surface area contributed by atoms with Gasteiger partial charge in [-0.15, -0.1) is 10.2 Å². The number of aromatic nitrogens is 2. The van der Waals surface area contributed by atoms with Crippen molar-refractivity contribution < 1.29 is 9.21 Å². The lowest BCUT2D eigenvalue weighted by molar-refractivity contribution is -0.120. The molecule has 0 spiro atoms. The topological polar surface area (TPSA) is 68.0 Å². The van der Waals surface area contributed by atoms with Gasteiger partial charge in [-0.05, 0) is 36.0 Å². The number of rotatable bonds is 3. The third kappa shape index (κ3) is 3.98. The number of hydrogen-bond acceptors (Lipinski definition) is 5. The first-order valence-corrected chi connectivity index (χ1v) is 9.20. The summed E-state index contributed by atoms with van der Waals surface area (Å²) in [6, 6.07) is 8.18. The molecule has 0 unspecified atom stereocenters. The van der Waals surface area contributed by atoms with Crippen LogP contribution < -0.4 is 5.32 Å². The Balaban J connectivity index is 1.72. The molecule has 2 heterocycles. The van der Waals surface area contributed by atoms with Crippen molar-refractivity contribution >= 4 is 17.7 Å². The predicted molar refractivity (Wildman–Crippen MR) is 94.9 cm³/mol.